The number of benzene rings is 2. The standard InChI is InChI=1S/C24H21ClF4N2O7/c1-30-20(24(27,28)29)12-21(33)31(22(30)34)16-11-19(14(25)10-15(16)26)37-17-6-4-5-7-18(17)38-23(13-32,36-3)8-9-35-2/h4-7,10-13H,8-9H2,1-3H3. The third-order valence-corrected chi connectivity index (χ3v) is 5.68. The highest BCUT2D eigenvalue weighted by atomic mass is 35.5. The Balaban J connectivity index is 2.09. The summed E-state index contributed by atoms with van der Waals surface area (Å²) in [4.78, 5) is 36.9. The first-order chi connectivity index (χ1) is 17.9. The Morgan fingerprint density at radius 2 is 1.68 bits per heavy atom. The third kappa shape index (κ3) is 5.90. The molecule has 9 nitrogen and oxygen atoms in total. The van der Waals surface area contributed by atoms with E-state index in [0.29, 0.717) is 6.29 Å². The molecule has 0 radical (unpaired) electrons. The van der Waals surface area contributed by atoms with Gasteiger partial charge in [-0.1, -0.05) is 23.7 Å². The first-order valence-electron chi connectivity index (χ1n) is 10.7. The van der Waals surface area contributed by atoms with Crippen LogP contribution >= 0.6 is 11.6 Å². The Bertz CT molecular complexity index is 1460. The third-order valence-electron chi connectivity index (χ3n) is 5.38. The molecule has 1 aromatic heterocycles. The van der Waals surface area contributed by atoms with Crippen LogP contribution in [0.1, 0.15) is 12.1 Å². The number of aldehydes is 1. The molecule has 0 aliphatic heterocycles. The number of nitrogens with zero attached hydrogens (tertiary/aromatic N) is 2. The zero-order valence-corrected chi connectivity index (χ0v) is 20.9. The molecule has 1 heterocycles. The first kappa shape index (κ1) is 28.9. The highest BCUT2D eigenvalue weighted by molar-refractivity contribution is 6.32. The SMILES string of the molecule is COCCC(C=O)(OC)Oc1ccccc1Oc1cc(-n2c(=O)cc(C(F)(F)F)n(C)c2=O)c(F)cc1Cl. The van der Waals surface area contributed by atoms with E-state index in [2.05, 4.69) is 0 Å². The molecule has 3 rings (SSSR count). The van der Waals surface area contributed by atoms with Gasteiger partial charge in [-0.15, -0.1) is 0 Å². The number of halogens is 5. The van der Waals surface area contributed by atoms with Crippen LogP contribution in [0.3, 0.4) is 0 Å². The van der Waals surface area contributed by atoms with E-state index in [1.165, 1.54) is 26.4 Å². The summed E-state index contributed by atoms with van der Waals surface area (Å²) >= 11 is 6.12. The smallest absolute Gasteiger partial charge is 0.431 e. The Morgan fingerprint density at radius 1 is 1.03 bits per heavy atom. The van der Waals surface area contributed by atoms with Gasteiger partial charge in [0.15, 0.2) is 17.8 Å². The quantitative estimate of drug-likeness (QED) is 0.209. The highest BCUT2D eigenvalue weighted by Gasteiger charge is 2.36. The zero-order chi connectivity index (χ0) is 28.3. The molecule has 204 valence electrons. The first-order valence-corrected chi connectivity index (χ1v) is 11.1. The Morgan fingerprint density at radius 3 is 2.26 bits per heavy atom. The number of carbonyl (C=O) groups excluding carboxylic acids is 1. The minimum absolute atomic E-state index is 0.00195. The van der Waals surface area contributed by atoms with Crippen LogP contribution in [0.2, 0.25) is 5.02 Å². The summed E-state index contributed by atoms with van der Waals surface area (Å²) in [6.07, 6.45) is -4.55. The summed E-state index contributed by atoms with van der Waals surface area (Å²) in [5.74, 6) is -3.22. The molecule has 0 bridgehead atoms. The van der Waals surface area contributed by atoms with Crippen molar-refractivity contribution in [2.45, 2.75) is 18.4 Å². The van der Waals surface area contributed by atoms with Crippen molar-refractivity contribution in [1.29, 1.82) is 0 Å². The predicted molar refractivity (Wildman–Crippen MR) is 127 cm³/mol. The van der Waals surface area contributed by atoms with Crippen LogP contribution in [0.25, 0.3) is 5.69 Å². The van der Waals surface area contributed by atoms with Gasteiger partial charge in [-0.25, -0.2) is 13.8 Å². The van der Waals surface area contributed by atoms with E-state index in [-0.39, 0.29) is 50.5 Å². The van der Waals surface area contributed by atoms with Gasteiger partial charge in [-0.2, -0.15) is 13.2 Å². The molecule has 1 unspecified atom stereocenters. The van der Waals surface area contributed by atoms with E-state index in [0.717, 1.165) is 19.2 Å². The van der Waals surface area contributed by atoms with Crippen molar-refractivity contribution in [1.82, 2.24) is 9.13 Å². The van der Waals surface area contributed by atoms with Gasteiger partial charge < -0.3 is 18.9 Å². The number of rotatable bonds is 10. The van der Waals surface area contributed by atoms with Gasteiger partial charge in [0.1, 0.15) is 17.3 Å². The monoisotopic (exact) mass is 560 g/mol. The van der Waals surface area contributed by atoms with E-state index >= 15 is 0 Å². The lowest BCUT2D eigenvalue weighted by molar-refractivity contribution is -0.176. The normalized spacial score (nSPS) is 13.2. The number of para-hydroxylation sites is 2. The van der Waals surface area contributed by atoms with Gasteiger partial charge in [-0.3, -0.25) is 14.2 Å². The fraction of sp³-hybridized carbons (Fsp3) is 0.292. The maximum atomic E-state index is 14.8. The predicted octanol–water partition coefficient (Wildman–Crippen LogP) is 4.10. The molecule has 0 aliphatic carbocycles. The molecule has 0 saturated carbocycles. The fourth-order valence-corrected chi connectivity index (χ4v) is 3.57. The number of hydrogen-bond acceptors (Lipinski definition) is 7. The Hall–Kier alpha value is -3.68. The van der Waals surface area contributed by atoms with Gasteiger partial charge in [0, 0.05) is 39.8 Å². The topological polar surface area (TPSA) is 98.0 Å². The molecule has 0 fully saturated rings. The van der Waals surface area contributed by atoms with Crippen LogP contribution in [0.4, 0.5) is 17.6 Å². The number of aromatic nitrogens is 2. The van der Waals surface area contributed by atoms with E-state index in [1.807, 2.05) is 0 Å². The van der Waals surface area contributed by atoms with E-state index in [9.17, 15) is 31.9 Å². The number of carbonyl (C=O) groups is 1. The van der Waals surface area contributed by atoms with Crippen molar-refractivity contribution in [3.8, 4) is 22.9 Å². The van der Waals surface area contributed by atoms with Crippen molar-refractivity contribution >= 4 is 17.9 Å². The van der Waals surface area contributed by atoms with Crippen molar-refractivity contribution in [3.63, 3.8) is 0 Å². The zero-order valence-electron chi connectivity index (χ0n) is 20.2. The molecular formula is C24H21ClF4N2O7. The van der Waals surface area contributed by atoms with Crippen LogP contribution < -0.4 is 20.7 Å². The van der Waals surface area contributed by atoms with Crippen LogP contribution in [0.15, 0.2) is 52.1 Å². The number of hydrogen-bond donors (Lipinski definition) is 0. The molecule has 14 heteroatoms. The largest absolute Gasteiger partial charge is 0.452 e. The molecule has 2 aromatic carbocycles. The molecule has 3 aromatic rings. The molecule has 0 N–H and O–H groups in total. The van der Waals surface area contributed by atoms with Crippen molar-refractivity contribution in [3.05, 3.63) is 79.8 Å². The summed E-state index contributed by atoms with van der Waals surface area (Å²) in [6, 6.07) is 7.73. The minimum Gasteiger partial charge on any atom is -0.452 e. The van der Waals surface area contributed by atoms with Gasteiger partial charge in [0.2, 0.25) is 0 Å². The van der Waals surface area contributed by atoms with Gasteiger partial charge in [-0.05, 0) is 18.2 Å². The number of methoxy groups -OCH3 is 2. The molecule has 0 aliphatic rings. The second-order valence-electron chi connectivity index (χ2n) is 7.80. The lowest BCUT2D eigenvalue weighted by atomic mass is 10.2. The summed E-state index contributed by atoms with van der Waals surface area (Å²) in [5, 5.41) is -0.300. The summed E-state index contributed by atoms with van der Waals surface area (Å²) in [6.45, 7) is 0.111. The maximum Gasteiger partial charge on any atom is 0.431 e. The maximum absolute atomic E-state index is 14.8. The Labute approximate surface area is 217 Å². The molecule has 0 amide bonds. The molecule has 0 spiro atoms. The van der Waals surface area contributed by atoms with Crippen LogP contribution in [-0.2, 0) is 27.5 Å². The molecule has 1 atom stereocenters. The minimum atomic E-state index is -5.00. The van der Waals surface area contributed by atoms with Gasteiger partial charge in [0.25, 0.3) is 11.3 Å². The van der Waals surface area contributed by atoms with Crippen molar-refractivity contribution in [2.75, 3.05) is 20.8 Å². The Kier molecular flexibility index (Phi) is 8.65. The summed E-state index contributed by atoms with van der Waals surface area (Å²) in [5.41, 5.74) is -5.09. The number of ether oxygens (including phenoxy) is 4. The second kappa shape index (κ2) is 11.4. The van der Waals surface area contributed by atoms with Gasteiger partial charge in [0.05, 0.1) is 17.3 Å². The van der Waals surface area contributed by atoms with E-state index in [4.69, 9.17) is 30.5 Å². The molecular weight excluding hydrogens is 540 g/mol. The summed E-state index contributed by atoms with van der Waals surface area (Å²) < 4.78 is 76.5. The fourth-order valence-electron chi connectivity index (χ4n) is 3.38. The lowest BCUT2D eigenvalue weighted by Crippen LogP contribution is -2.41. The lowest BCUT2D eigenvalue weighted by Gasteiger charge is -2.28. The molecule has 0 saturated heterocycles. The van der Waals surface area contributed by atoms with Crippen molar-refractivity contribution in [2.24, 2.45) is 7.05 Å². The van der Waals surface area contributed by atoms with Gasteiger partial charge >= 0.3 is 11.9 Å². The second-order valence-corrected chi connectivity index (χ2v) is 8.21. The average Bonchev–Trinajstić information content (AvgIpc) is 2.87. The molecule has 38 heavy (non-hydrogen) atoms. The van der Waals surface area contributed by atoms with E-state index < -0.39 is 40.4 Å². The van der Waals surface area contributed by atoms with E-state index in [1.54, 1.807) is 12.1 Å². The van der Waals surface area contributed by atoms with Crippen molar-refractivity contribution < 1.29 is 41.3 Å². The highest BCUT2D eigenvalue weighted by Crippen LogP contribution is 2.38. The number of alkyl halides is 3. The average molecular weight is 561 g/mol. The summed E-state index contributed by atoms with van der Waals surface area (Å²) in [7, 11) is 3.46. The van der Waals surface area contributed by atoms with Crippen LogP contribution in [-0.4, -0.2) is 42.0 Å². The van der Waals surface area contributed by atoms with Crippen LogP contribution in [0, 0.1) is 5.82 Å². The van der Waals surface area contributed by atoms with Crippen LogP contribution in [0.5, 0.6) is 17.2 Å².